The first kappa shape index (κ1) is 12.3. The van der Waals surface area contributed by atoms with Gasteiger partial charge in [0.1, 0.15) is 0 Å². The van der Waals surface area contributed by atoms with Gasteiger partial charge >= 0.3 is 0 Å². The molecule has 0 aliphatic heterocycles. The number of hydrogen-bond acceptors (Lipinski definition) is 4. The molecule has 0 unspecified atom stereocenters. The Bertz CT molecular complexity index is 703. The summed E-state index contributed by atoms with van der Waals surface area (Å²) in [6, 6.07) is 13.8. The fourth-order valence-corrected chi connectivity index (χ4v) is 2.90. The lowest BCUT2D eigenvalue weighted by Gasteiger charge is -1.90. The van der Waals surface area contributed by atoms with Gasteiger partial charge in [-0.3, -0.25) is 0 Å². The van der Waals surface area contributed by atoms with Crippen molar-refractivity contribution in [2.24, 2.45) is 0 Å². The van der Waals surface area contributed by atoms with Gasteiger partial charge in [0.2, 0.25) is 11.8 Å². The number of rotatable bonds is 3. The third-order valence-electron chi connectivity index (χ3n) is 2.45. The monoisotopic (exact) mass is 332 g/mol. The normalized spacial score (nSPS) is 11.2. The molecule has 94 valence electrons. The maximum absolute atomic E-state index is 5.58. The van der Waals surface area contributed by atoms with Gasteiger partial charge in [-0.1, -0.05) is 18.2 Å². The molecular formula is C14H9BrN2OS. The number of thiophene rings is 1. The average Bonchev–Trinajstić information content (AvgIpc) is 3.06. The van der Waals surface area contributed by atoms with Crippen LogP contribution in [0.15, 0.2) is 50.7 Å². The Labute approximate surface area is 122 Å². The molecule has 0 amide bonds. The zero-order chi connectivity index (χ0) is 13.1. The molecule has 2 heterocycles. The van der Waals surface area contributed by atoms with Crippen molar-refractivity contribution in [1.82, 2.24) is 10.2 Å². The van der Waals surface area contributed by atoms with Crippen molar-refractivity contribution in [3.05, 3.63) is 57.0 Å². The highest BCUT2D eigenvalue weighted by molar-refractivity contribution is 9.11. The summed E-state index contributed by atoms with van der Waals surface area (Å²) in [5.41, 5.74) is 0.925. The van der Waals surface area contributed by atoms with Crippen LogP contribution in [0.2, 0.25) is 0 Å². The van der Waals surface area contributed by atoms with Crippen LogP contribution in [0.5, 0.6) is 0 Å². The van der Waals surface area contributed by atoms with E-state index < -0.39 is 0 Å². The average molecular weight is 333 g/mol. The minimum atomic E-state index is 0.503. The fourth-order valence-electron chi connectivity index (χ4n) is 1.57. The van der Waals surface area contributed by atoms with Crippen LogP contribution in [0.25, 0.3) is 23.6 Å². The van der Waals surface area contributed by atoms with E-state index in [1.807, 2.05) is 54.6 Å². The van der Waals surface area contributed by atoms with E-state index in [0.717, 1.165) is 14.2 Å². The van der Waals surface area contributed by atoms with Crippen molar-refractivity contribution in [1.29, 1.82) is 0 Å². The van der Waals surface area contributed by atoms with Crippen molar-refractivity contribution in [3.63, 3.8) is 0 Å². The lowest BCUT2D eigenvalue weighted by molar-refractivity contribution is 0.558. The Morgan fingerprint density at radius 3 is 2.58 bits per heavy atom. The van der Waals surface area contributed by atoms with Crippen LogP contribution in [0.1, 0.15) is 10.8 Å². The van der Waals surface area contributed by atoms with Crippen LogP contribution in [-0.2, 0) is 0 Å². The third kappa shape index (κ3) is 3.00. The lowest BCUT2D eigenvalue weighted by Crippen LogP contribution is -1.75. The summed E-state index contributed by atoms with van der Waals surface area (Å²) < 4.78 is 6.68. The molecule has 3 aromatic rings. The predicted molar refractivity (Wildman–Crippen MR) is 80.7 cm³/mol. The number of benzene rings is 1. The maximum Gasteiger partial charge on any atom is 0.248 e. The number of aromatic nitrogens is 2. The van der Waals surface area contributed by atoms with Gasteiger partial charge < -0.3 is 4.42 Å². The number of nitrogens with zero attached hydrogens (tertiary/aromatic N) is 2. The van der Waals surface area contributed by atoms with E-state index in [2.05, 4.69) is 26.1 Å². The van der Waals surface area contributed by atoms with Crippen LogP contribution in [0.4, 0.5) is 0 Å². The predicted octanol–water partition coefficient (Wildman–Crippen LogP) is 4.73. The largest absolute Gasteiger partial charge is 0.417 e. The second-order valence-corrected chi connectivity index (χ2v) is 6.28. The van der Waals surface area contributed by atoms with Crippen LogP contribution >= 0.6 is 27.3 Å². The van der Waals surface area contributed by atoms with E-state index in [9.17, 15) is 0 Å². The van der Waals surface area contributed by atoms with E-state index in [4.69, 9.17) is 4.42 Å². The minimum Gasteiger partial charge on any atom is -0.417 e. The first-order chi connectivity index (χ1) is 9.31. The maximum atomic E-state index is 5.58. The van der Waals surface area contributed by atoms with Gasteiger partial charge in [0.25, 0.3) is 0 Å². The summed E-state index contributed by atoms with van der Waals surface area (Å²) >= 11 is 5.08. The van der Waals surface area contributed by atoms with Crippen molar-refractivity contribution in [3.8, 4) is 11.5 Å². The molecule has 0 saturated carbocycles. The second kappa shape index (κ2) is 5.50. The summed E-state index contributed by atoms with van der Waals surface area (Å²) in [5, 5.41) is 8.03. The highest BCUT2D eigenvalue weighted by Crippen LogP contribution is 2.24. The van der Waals surface area contributed by atoms with Crippen molar-refractivity contribution >= 4 is 39.4 Å². The molecule has 0 saturated heterocycles. The molecule has 1 aromatic carbocycles. The Morgan fingerprint density at radius 2 is 1.84 bits per heavy atom. The van der Waals surface area contributed by atoms with Crippen molar-refractivity contribution in [2.75, 3.05) is 0 Å². The highest BCUT2D eigenvalue weighted by Gasteiger charge is 2.05. The molecule has 0 aliphatic rings. The van der Waals surface area contributed by atoms with Crippen molar-refractivity contribution < 1.29 is 4.42 Å². The third-order valence-corrected chi connectivity index (χ3v) is 4.03. The van der Waals surface area contributed by atoms with Gasteiger partial charge in [-0.05, 0) is 46.3 Å². The Balaban J connectivity index is 1.80. The van der Waals surface area contributed by atoms with E-state index in [-0.39, 0.29) is 0 Å². The van der Waals surface area contributed by atoms with Crippen LogP contribution < -0.4 is 0 Å². The van der Waals surface area contributed by atoms with Crippen LogP contribution in [0.3, 0.4) is 0 Å². The topological polar surface area (TPSA) is 38.9 Å². The lowest BCUT2D eigenvalue weighted by atomic mass is 10.2. The summed E-state index contributed by atoms with van der Waals surface area (Å²) in [4.78, 5) is 1.13. The molecule has 0 aliphatic carbocycles. The standard InChI is InChI=1S/C14H9BrN2OS/c15-12-8-6-11(19-12)7-9-13-16-17-14(18-13)10-4-2-1-3-5-10/h1-9H/b9-7+. The molecule has 3 nitrogen and oxygen atoms in total. The zero-order valence-electron chi connectivity index (χ0n) is 9.79. The summed E-state index contributed by atoms with van der Waals surface area (Å²) in [7, 11) is 0. The highest BCUT2D eigenvalue weighted by atomic mass is 79.9. The molecule has 5 heteroatoms. The van der Waals surface area contributed by atoms with Gasteiger partial charge in [0.05, 0.1) is 3.79 Å². The molecule has 0 atom stereocenters. The molecule has 0 spiro atoms. The molecule has 0 radical (unpaired) electrons. The quantitative estimate of drug-likeness (QED) is 0.695. The molecule has 2 aromatic heterocycles. The number of hydrogen-bond donors (Lipinski definition) is 0. The molecule has 3 rings (SSSR count). The molecule has 0 N–H and O–H groups in total. The van der Waals surface area contributed by atoms with E-state index in [1.165, 1.54) is 0 Å². The minimum absolute atomic E-state index is 0.503. The summed E-state index contributed by atoms with van der Waals surface area (Å²) in [6.07, 6.45) is 3.77. The molecule has 19 heavy (non-hydrogen) atoms. The summed E-state index contributed by atoms with van der Waals surface area (Å²) in [5.74, 6) is 1.04. The van der Waals surface area contributed by atoms with E-state index >= 15 is 0 Å². The Morgan fingerprint density at radius 1 is 1.00 bits per heavy atom. The molecular weight excluding hydrogens is 324 g/mol. The zero-order valence-corrected chi connectivity index (χ0v) is 12.2. The van der Waals surface area contributed by atoms with Gasteiger partial charge in [-0.15, -0.1) is 21.5 Å². The first-order valence-electron chi connectivity index (χ1n) is 5.63. The van der Waals surface area contributed by atoms with Gasteiger partial charge in [-0.25, -0.2) is 0 Å². The molecule has 0 fully saturated rings. The van der Waals surface area contributed by atoms with Crippen molar-refractivity contribution in [2.45, 2.75) is 0 Å². The summed E-state index contributed by atoms with van der Waals surface area (Å²) in [6.45, 7) is 0. The van der Waals surface area contributed by atoms with Crippen LogP contribution in [-0.4, -0.2) is 10.2 Å². The van der Waals surface area contributed by atoms with E-state index in [1.54, 1.807) is 11.3 Å². The van der Waals surface area contributed by atoms with Gasteiger partial charge in [0, 0.05) is 16.5 Å². The SMILES string of the molecule is Brc1ccc(/C=C/c2nnc(-c3ccccc3)o2)s1. The Hall–Kier alpha value is -1.72. The van der Waals surface area contributed by atoms with Gasteiger partial charge in [-0.2, -0.15) is 0 Å². The fraction of sp³-hybridized carbons (Fsp3) is 0. The Kier molecular flexibility index (Phi) is 3.57. The molecule has 0 bridgehead atoms. The van der Waals surface area contributed by atoms with Gasteiger partial charge in [0.15, 0.2) is 0 Å². The van der Waals surface area contributed by atoms with Crippen LogP contribution in [0, 0.1) is 0 Å². The second-order valence-electron chi connectivity index (χ2n) is 3.79. The first-order valence-corrected chi connectivity index (χ1v) is 7.24. The van der Waals surface area contributed by atoms with E-state index in [0.29, 0.717) is 11.8 Å². The smallest absolute Gasteiger partial charge is 0.248 e. The number of halogens is 1.